The Morgan fingerprint density at radius 2 is 1.92 bits per heavy atom. The lowest BCUT2D eigenvalue weighted by Crippen LogP contribution is -2.30. The number of hydrogen-bond acceptors (Lipinski definition) is 2. The lowest BCUT2D eigenvalue weighted by molar-refractivity contribution is 0.181. The molecule has 1 aromatic carbocycles. The molecule has 0 amide bonds. The molecular formula is C9H13Cl2NO. The van der Waals surface area contributed by atoms with Gasteiger partial charge in [0.25, 0.3) is 0 Å². The predicted molar refractivity (Wildman–Crippen MR) is 57.9 cm³/mol. The zero-order chi connectivity index (χ0) is 7.68. The van der Waals surface area contributed by atoms with Crippen LogP contribution in [0.5, 0.6) is 5.75 Å². The molecule has 2 N–H and O–H groups in total. The van der Waals surface area contributed by atoms with Crippen molar-refractivity contribution in [3.8, 4) is 5.75 Å². The first kappa shape index (κ1) is 12.6. The number of ether oxygens (including phenoxy) is 1. The minimum Gasteiger partial charge on any atom is -0.475 e. The van der Waals surface area contributed by atoms with E-state index in [1.54, 1.807) is 0 Å². The van der Waals surface area contributed by atoms with Gasteiger partial charge in [0.2, 0.25) is 0 Å². The highest BCUT2D eigenvalue weighted by Gasteiger charge is 2.14. The van der Waals surface area contributed by atoms with E-state index < -0.39 is 0 Å². The van der Waals surface area contributed by atoms with E-state index in [2.05, 4.69) is 6.07 Å². The zero-order valence-electron chi connectivity index (χ0n) is 7.10. The summed E-state index contributed by atoms with van der Waals surface area (Å²) < 4.78 is 5.41. The molecule has 1 heterocycles. The third kappa shape index (κ3) is 2.76. The summed E-state index contributed by atoms with van der Waals surface area (Å²) in [5.74, 6) is 0.950. The Morgan fingerprint density at radius 1 is 1.23 bits per heavy atom. The van der Waals surface area contributed by atoms with Gasteiger partial charge in [0.05, 0.1) is 0 Å². The fraction of sp³-hybridized carbons (Fsp3) is 0.333. The van der Waals surface area contributed by atoms with E-state index in [0.29, 0.717) is 0 Å². The summed E-state index contributed by atoms with van der Waals surface area (Å²) in [6.07, 6.45) is 1.86. The Balaban J connectivity index is 0.000000720. The van der Waals surface area contributed by atoms with Crippen molar-refractivity contribution in [2.75, 3.05) is 0 Å². The molecule has 2 nitrogen and oxygen atoms in total. The van der Waals surface area contributed by atoms with Crippen LogP contribution in [0.2, 0.25) is 0 Å². The van der Waals surface area contributed by atoms with Crippen molar-refractivity contribution >= 4 is 24.8 Å². The number of halogens is 2. The van der Waals surface area contributed by atoms with Crippen molar-refractivity contribution in [2.24, 2.45) is 5.73 Å². The number of rotatable bonds is 0. The molecule has 0 bridgehead atoms. The maximum Gasteiger partial charge on any atom is 0.148 e. The molecule has 0 fully saturated rings. The average molecular weight is 222 g/mol. The maximum absolute atomic E-state index is 5.63. The van der Waals surface area contributed by atoms with E-state index in [1.165, 1.54) is 5.56 Å². The summed E-state index contributed by atoms with van der Waals surface area (Å²) in [7, 11) is 0. The summed E-state index contributed by atoms with van der Waals surface area (Å²) in [5.41, 5.74) is 6.90. The van der Waals surface area contributed by atoms with Crippen LogP contribution >= 0.6 is 24.8 Å². The van der Waals surface area contributed by atoms with Crippen molar-refractivity contribution in [2.45, 2.75) is 19.1 Å². The number of para-hydroxylation sites is 1. The van der Waals surface area contributed by atoms with Crippen LogP contribution in [0, 0.1) is 0 Å². The van der Waals surface area contributed by atoms with E-state index in [9.17, 15) is 0 Å². The number of hydrogen-bond donors (Lipinski definition) is 1. The van der Waals surface area contributed by atoms with Gasteiger partial charge in [0.1, 0.15) is 12.0 Å². The lowest BCUT2D eigenvalue weighted by atomic mass is 10.1. The molecule has 0 radical (unpaired) electrons. The summed E-state index contributed by atoms with van der Waals surface area (Å²) >= 11 is 0. The Labute approximate surface area is 90.3 Å². The van der Waals surface area contributed by atoms with Crippen molar-refractivity contribution in [1.82, 2.24) is 0 Å². The predicted octanol–water partition coefficient (Wildman–Crippen LogP) is 2.14. The van der Waals surface area contributed by atoms with Gasteiger partial charge in [-0.25, -0.2) is 0 Å². The Morgan fingerprint density at radius 3 is 2.69 bits per heavy atom. The van der Waals surface area contributed by atoms with E-state index in [4.69, 9.17) is 10.5 Å². The lowest BCUT2D eigenvalue weighted by Gasteiger charge is -2.22. The molecule has 1 aromatic rings. The van der Waals surface area contributed by atoms with Crippen molar-refractivity contribution in [3.63, 3.8) is 0 Å². The molecule has 1 aliphatic heterocycles. The summed E-state index contributed by atoms with van der Waals surface area (Å²) in [5, 5.41) is 0. The summed E-state index contributed by atoms with van der Waals surface area (Å²) in [4.78, 5) is 0. The number of aryl methyl sites for hydroxylation is 1. The normalized spacial score (nSPS) is 18.7. The van der Waals surface area contributed by atoms with Crippen LogP contribution in [0.4, 0.5) is 0 Å². The zero-order valence-corrected chi connectivity index (χ0v) is 8.74. The van der Waals surface area contributed by atoms with Crippen molar-refractivity contribution in [3.05, 3.63) is 29.8 Å². The molecule has 4 heteroatoms. The van der Waals surface area contributed by atoms with Gasteiger partial charge in [-0.3, -0.25) is 5.73 Å². The monoisotopic (exact) mass is 221 g/mol. The van der Waals surface area contributed by atoms with Crippen molar-refractivity contribution < 1.29 is 4.74 Å². The van der Waals surface area contributed by atoms with E-state index in [0.717, 1.165) is 18.6 Å². The third-order valence-corrected chi connectivity index (χ3v) is 1.95. The fourth-order valence-corrected chi connectivity index (χ4v) is 1.35. The average Bonchev–Trinajstić information content (AvgIpc) is 2.04. The molecular weight excluding hydrogens is 209 g/mol. The second-order valence-corrected chi connectivity index (χ2v) is 2.80. The highest BCUT2D eigenvalue weighted by Crippen LogP contribution is 2.24. The van der Waals surface area contributed by atoms with E-state index in [-0.39, 0.29) is 31.0 Å². The first-order chi connectivity index (χ1) is 5.36. The van der Waals surface area contributed by atoms with Crippen molar-refractivity contribution in [1.29, 1.82) is 0 Å². The molecule has 0 saturated heterocycles. The van der Waals surface area contributed by atoms with Crippen LogP contribution in [-0.4, -0.2) is 6.23 Å². The van der Waals surface area contributed by atoms with Gasteiger partial charge in [0.15, 0.2) is 0 Å². The third-order valence-electron chi connectivity index (χ3n) is 1.95. The molecule has 0 aromatic heterocycles. The standard InChI is InChI=1S/C9H11NO.2ClH/c10-9-6-5-7-3-1-2-4-8(7)11-9;;/h1-4,9H,5-6,10H2;2*1H. The molecule has 1 atom stereocenters. The van der Waals surface area contributed by atoms with Gasteiger partial charge in [-0.1, -0.05) is 18.2 Å². The van der Waals surface area contributed by atoms with Gasteiger partial charge >= 0.3 is 0 Å². The Kier molecular flexibility index (Phi) is 5.14. The molecule has 0 spiro atoms. The Hall–Kier alpha value is -0.440. The van der Waals surface area contributed by atoms with Gasteiger partial charge in [0, 0.05) is 6.42 Å². The van der Waals surface area contributed by atoms with Gasteiger partial charge in [-0.2, -0.15) is 0 Å². The van der Waals surface area contributed by atoms with Gasteiger partial charge in [-0.15, -0.1) is 24.8 Å². The van der Waals surface area contributed by atoms with Crippen LogP contribution in [0.3, 0.4) is 0 Å². The Bertz CT molecular complexity index is 268. The van der Waals surface area contributed by atoms with Gasteiger partial charge in [-0.05, 0) is 18.1 Å². The van der Waals surface area contributed by atoms with Crippen LogP contribution in [0.1, 0.15) is 12.0 Å². The summed E-state index contributed by atoms with van der Waals surface area (Å²) in [6.45, 7) is 0. The van der Waals surface area contributed by atoms with Crippen LogP contribution in [0.25, 0.3) is 0 Å². The quantitative estimate of drug-likeness (QED) is 0.729. The van der Waals surface area contributed by atoms with Crippen LogP contribution in [-0.2, 0) is 6.42 Å². The summed E-state index contributed by atoms with van der Waals surface area (Å²) in [6, 6.07) is 8.05. The minimum absolute atomic E-state index is 0. The fourth-order valence-electron chi connectivity index (χ4n) is 1.35. The SMILES string of the molecule is Cl.Cl.NC1CCc2ccccc2O1. The second kappa shape index (κ2) is 5.32. The molecule has 13 heavy (non-hydrogen) atoms. The minimum atomic E-state index is -0.107. The first-order valence-electron chi connectivity index (χ1n) is 3.86. The number of benzene rings is 1. The molecule has 74 valence electrons. The number of fused-ring (bicyclic) bond motifs is 1. The van der Waals surface area contributed by atoms with Crippen LogP contribution in [0.15, 0.2) is 24.3 Å². The maximum atomic E-state index is 5.63. The second-order valence-electron chi connectivity index (χ2n) is 2.80. The smallest absolute Gasteiger partial charge is 0.148 e. The van der Waals surface area contributed by atoms with E-state index in [1.807, 2.05) is 18.2 Å². The molecule has 1 unspecified atom stereocenters. The van der Waals surface area contributed by atoms with Gasteiger partial charge < -0.3 is 4.74 Å². The van der Waals surface area contributed by atoms with E-state index >= 15 is 0 Å². The highest BCUT2D eigenvalue weighted by atomic mass is 35.5. The molecule has 0 saturated carbocycles. The highest BCUT2D eigenvalue weighted by molar-refractivity contribution is 5.85. The molecule has 1 aliphatic rings. The van der Waals surface area contributed by atoms with Crippen LogP contribution < -0.4 is 10.5 Å². The number of nitrogens with two attached hydrogens (primary N) is 1. The largest absolute Gasteiger partial charge is 0.475 e. The molecule has 0 aliphatic carbocycles. The first-order valence-corrected chi connectivity index (χ1v) is 3.86. The molecule has 2 rings (SSSR count). The topological polar surface area (TPSA) is 35.2 Å².